The lowest BCUT2D eigenvalue weighted by Crippen LogP contribution is -2.21. The summed E-state index contributed by atoms with van der Waals surface area (Å²) in [7, 11) is 0. The Morgan fingerprint density at radius 3 is 2.47 bits per heavy atom. The summed E-state index contributed by atoms with van der Waals surface area (Å²) in [6, 6.07) is 5.80. The molecule has 0 heterocycles. The Hall–Kier alpha value is -1.23. The summed E-state index contributed by atoms with van der Waals surface area (Å²) in [4.78, 5) is 0. The molecule has 1 aromatic rings. The van der Waals surface area contributed by atoms with Crippen molar-refractivity contribution in [2.75, 3.05) is 0 Å². The maximum Gasteiger partial charge on any atom is 0.573 e. The van der Waals surface area contributed by atoms with Crippen molar-refractivity contribution >= 4 is 0 Å². The van der Waals surface area contributed by atoms with Crippen molar-refractivity contribution in [3.05, 3.63) is 29.8 Å². The number of benzene rings is 1. The Bertz CT molecular complexity index is 323. The minimum Gasteiger partial charge on any atom is -0.406 e. The van der Waals surface area contributed by atoms with Gasteiger partial charge < -0.3 is 10.5 Å². The number of nitrogens with two attached hydrogens (primary N) is 1. The van der Waals surface area contributed by atoms with Gasteiger partial charge in [-0.25, -0.2) is 0 Å². The van der Waals surface area contributed by atoms with Crippen molar-refractivity contribution in [2.45, 2.75) is 25.7 Å². The Morgan fingerprint density at radius 2 is 1.93 bits per heavy atom. The highest BCUT2D eigenvalue weighted by Gasteiger charge is 2.31. The van der Waals surface area contributed by atoms with Crippen LogP contribution in [-0.4, -0.2) is 12.4 Å². The predicted octanol–water partition coefficient (Wildman–Crippen LogP) is 2.47. The molecule has 0 saturated carbocycles. The largest absolute Gasteiger partial charge is 0.573 e. The van der Waals surface area contributed by atoms with Gasteiger partial charge in [-0.2, -0.15) is 0 Å². The molecular weight excluding hydrogens is 207 g/mol. The highest BCUT2D eigenvalue weighted by atomic mass is 19.4. The fourth-order valence-electron chi connectivity index (χ4n) is 1.24. The number of rotatable bonds is 3. The van der Waals surface area contributed by atoms with Crippen molar-refractivity contribution in [2.24, 2.45) is 5.73 Å². The molecule has 1 rings (SSSR count). The molecule has 1 unspecified atom stereocenters. The molecule has 1 aromatic carbocycles. The molecule has 1 atom stereocenters. The van der Waals surface area contributed by atoms with E-state index in [1.807, 2.05) is 0 Å². The van der Waals surface area contributed by atoms with Gasteiger partial charge in [0, 0.05) is 6.04 Å². The van der Waals surface area contributed by atoms with Crippen LogP contribution < -0.4 is 10.5 Å². The van der Waals surface area contributed by atoms with Crippen LogP contribution in [0.25, 0.3) is 0 Å². The van der Waals surface area contributed by atoms with E-state index in [4.69, 9.17) is 5.73 Å². The van der Waals surface area contributed by atoms with E-state index in [9.17, 15) is 13.2 Å². The number of hydrogen-bond donors (Lipinski definition) is 1. The lowest BCUT2D eigenvalue weighted by atomic mass is 10.1. The molecule has 15 heavy (non-hydrogen) atoms. The lowest BCUT2D eigenvalue weighted by molar-refractivity contribution is -0.274. The quantitative estimate of drug-likeness (QED) is 0.847. The van der Waals surface area contributed by atoms with Gasteiger partial charge in [-0.05, 0) is 25.0 Å². The molecule has 0 aliphatic carbocycles. The van der Waals surface area contributed by atoms with Crippen LogP contribution in [-0.2, 0) is 6.42 Å². The molecule has 84 valence electrons. The minimum absolute atomic E-state index is 0.178. The maximum atomic E-state index is 12.0. The van der Waals surface area contributed by atoms with Crippen LogP contribution in [0.3, 0.4) is 0 Å². The number of alkyl halides is 3. The predicted molar refractivity (Wildman–Crippen MR) is 50.5 cm³/mol. The standard InChI is InChI=1S/C10H12F3NO/c1-7(14)6-8-4-2-3-5-9(8)15-10(11,12)13/h2-5,7H,6,14H2,1H3. The van der Waals surface area contributed by atoms with E-state index < -0.39 is 6.36 Å². The third kappa shape index (κ3) is 4.20. The van der Waals surface area contributed by atoms with Crippen LogP contribution in [0.4, 0.5) is 13.2 Å². The number of ether oxygens (including phenoxy) is 1. The highest BCUT2D eigenvalue weighted by molar-refractivity contribution is 5.34. The van der Waals surface area contributed by atoms with Gasteiger partial charge in [0.1, 0.15) is 5.75 Å². The molecule has 5 heteroatoms. The van der Waals surface area contributed by atoms with Crippen LogP contribution >= 0.6 is 0 Å². The van der Waals surface area contributed by atoms with Crippen molar-refractivity contribution in [1.82, 2.24) is 0 Å². The summed E-state index contributed by atoms with van der Waals surface area (Å²) in [6.45, 7) is 1.73. The molecule has 2 N–H and O–H groups in total. The zero-order valence-electron chi connectivity index (χ0n) is 8.21. The van der Waals surface area contributed by atoms with E-state index in [1.165, 1.54) is 12.1 Å². The highest BCUT2D eigenvalue weighted by Crippen LogP contribution is 2.26. The molecule has 0 radical (unpaired) electrons. The molecule has 0 bridgehead atoms. The zero-order valence-corrected chi connectivity index (χ0v) is 8.21. The van der Waals surface area contributed by atoms with Gasteiger partial charge in [0.2, 0.25) is 0 Å². The fraction of sp³-hybridized carbons (Fsp3) is 0.400. The molecule has 0 aromatic heterocycles. The second-order valence-electron chi connectivity index (χ2n) is 3.34. The summed E-state index contributed by atoms with van der Waals surface area (Å²) >= 11 is 0. The molecule has 0 amide bonds. The van der Waals surface area contributed by atoms with Crippen molar-refractivity contribution < 1.29 is 17.9 Å². The van der Waals surface area contributed by atoms with E-state index in [0.717, 1.165) is 0 Å². The molecular formula is C10H12F3NO. The van der Waals surface area contributed by atoms with Gasteiger partial charge in [-0.1, -0.05) is 18.2 Å². The third-order valence-electron chi connectivity index (χ3n) is 1.74. The van der Waals surface area contributed by atoms with Gasteiger partial charge in [-0.3, -0.25) is 0 Å². The van der Waals surface area contributed by atoms with Gasteiger partial charge >= 0.3 is 6.36 Å². The first kappa shape index (κ1) is 11.8. The summed E-state index contributed by atoms with van der Waals surface area (Å²) in [5, 5.41) is 0. The smallest absolute Gasteiger partial charge is 0.406 e. The van der Waals surface area contributed by atoms with E-state index in [1.54, 1.807) is 19.1 Å². The fourth-order valence-corrected chi connectivity index (χ4v) is 1.24. The first-order chi connectivity index (χ1) is 6.88. The van der Waals surface area contributed by atoms with Crippen molar-refractivity contribution in [3.63, 3.8) is 0 Å². The number of halogens is 3. The van der Waals surface area contributed by atoms with E-state index in [0.29, 0.717) is 12.0 Å². The van der Waals surface area contributed by atoms with Gasteiger partial charge in [-0.15, -0.1) is 13.2 Å². The lowest BCUT2D eigenvalue weighted by Gasteiger charge is -2.14. The Balaban J connectivity index is 2.86. The first-order valence-corrected chi connectivity index (χ1v) is 4.48. The van der Waals surface area contributed by atoms with E-state index >= 15 is 0 Å². The SMILES string of the molecule is CC(N)Cc1ccccc1OC(F)(F)F. The summed E-state index contributed by atoms with van der Waals surface area (Å²) in [5.41, 5.74) is 5.98. The molecule has 0 spiro atoms. The van der Waals surface area contributed by atoms with Crippen LogP contribution in [0.2, 0.25) is 0 Å². The first-order valence-electron chi connectivity index (χ1n) is 4.48. The number of para-hydroxylation sites is 1. The molecule has 0 saturated heterocycles. The van der Waals surface area contributed by atoms with Crippen LogP contribution in [0.15, 0.2) is 24.3 Å². The summed E-state index contributed by atoms with van der Waals surface area (Å²) < 4.78 is 39.9. The second-order valence-corrected chi connectivity index (χ2v) is 3.34. The van der Waals surface area contributed by atoms with Gasteiger partial charge in [0.15, 0.2) is 0 Å². The summed E-state index contributed by atoms with van der Waals surface area (Å²) in [5.74, 6) is -0.178. The van der Waals surface area contributed by atoms with Gasteiger partial charge in [0.25, 0.3) is 0 Å². The van der Waals surface area contributed by atoms with Crippen LogP contribution in [0, 0.1) is 0 Å². The van der Waals surface area contributed by atoms with E-state index in [2.05, 4.69) is 4.74 Å². The third-order valence-corrected chi connectivity index (χ3v) is 1.74. The molecule has 2 nitrogen and oxygen atoms in total. The molecule has 0 fully saturated rings. The number of hydrogen-bond acceptors (Lipinski definition) is 2. The second kappa shape index (κ2) is 4.53. The minimum atomic E-state index is -4.66. The maximum absolute atomic E-state index is 12.0. The van der Waals surface area contributed by atoms with Gasteiger partial charge in [0.05, 0.1) is 0 Å². The molecule has 0 aliphatic heterocycles. The van der Waals surface area contributed by atoms with Crippen molar-refractivity contribution in [3.8, 4) is 5.75 Å². The van der Waals surface area contributed by atoms with Crippen molar-refractivity contribution in [1.29, 1.82) is 0 Å². The zero-order chi connectivity index (χ0) is 11.5. The van der Waals surface area contributed by atoms with E-state index in [-0.39, 0.29) is 11.8 Å². The monoisotopic (exact) mass is 219 g/mol. The molecule has 0 aliphatic rings. The Labute approximate surface area is 85.8 Å². The topological polar surface area (TPSA) is 35.2 Å². The van der Waals surface area contributed by atoms with Crippen LogP contribution in [0.5, 0.6) is 5.75 Å². The average Bonchev–Trinajstić information content (AvgIpc) is 2.05. The summed E-state index contributed by atoms with van der Waals surface area (Å²) in [6.07, 6.45) is -4.31. The normalized spacial score (nSPS) is 13.7. The Kier molecular flexibility index (Phi) is 3.57. The van der Waals surface area contributed by atoms with Crippen LogP contribution in [0.1, 0.15) is 12.5 Å². The Morgan fingerprint density at radius 1 is 1.33 bits per heavy atom. The average molecular weight is 219 g/mol.